The van der Waals surface area contributed by atoms with Gasteiger partial charge in [-0.2, -0.15) is 4.98 Å². The molecule has 4 heteroatoms. The molecular formula is C10H13N3O. The molecule has 1 aromatic rings. The Balaban J connectivity index is 2.16. The van der Waals surface area contributed by atoms with Gasteiger partial charge in [0.05, 0.1) is 12.1 Å². The van der Waals surface area contributed by atoms with Crippen LogP contribution < -0.4 is 5.32 Å². The van der Waals surface area contributed by atoms with Crippen LogP contribution in [-0.2, 0) is 5.54 Å². The van der Waals surface area contributed by atoms with Crippen molar-refractivity contribution in [2.24, 2.45) is 0 Å². The molecule has 1 heterocycles. The van der Waals surface area contributed by atoms with Gasteiger partial charge in [-0.1, -0.05) is 11.1 Å². The molecule has 14 heavy (non-hydrogen) atoms. The van der Waals surface area contributed by atoms with Crippen molar-refractivity contribution in [1.82, 2.24) is 15.5 Å². The lowest BCUT2D eigenvalue weighted by Gasteiger charge is -2.39. The number of hydrogen-bond donors (Lipinski definition) is 1. The van der Waals surface area contributed by atoms with Gasteiger partial charge in [-0.3, -0.25) is 5.32 Å². The van der Waals surface area contributed by atoms with Gasteiger partial charge in [0, 0.05) is 6.92 Å². The lowest BCUT2D eigenvalue weighted by atomic mass is 9.76. The topological polar surface area (TPSA) is 51.0 Å². The molecule has 2 rings (SSSR count). The average molecular weight is 191 g/mol. The maximum atomic E-state index is 5.22. The molecule has 0 spiro atoms. The van der Waals surface area contributed by atoms with E-state index in [0.717, 1.165) is 18.7 Å². The van der Waals surface area contributed by atoms with Gasteiger partial charge in [0.25, 0.3) is 0 Å². The van der Waals surface area contributed by atoms with E-state index in [1.54, 1.807) is 6.92 Å². The highest BCUT2D eigenvalue weighted by Gasteiger charge is 2.42. The molecule has 0 bridgehead atoms. The number of terminal acetylenes is 1. The van der Waals surface area contributed by atoms with Gasteiger partial charge in [-0.05, 0) is 19.3 Å². The smallest absolute Gasteiger partial charge is 0.223 e. The Morgan fingerprint density at radius 2 is 2.43 bits per heavy atom. The molecule has 1 aromatic heterocycles. The number of nitrogens with zero attached hydrogens (tertiary/aromatic N) is 2. The third-order valence-corrected chi connectivity index (χ3v) is 2.69. The highest BCUT2D eigenvalue weighted by atomic mass is 16.5. The minimum absolute atomic E-state index is 0.121. The molecule has 4 nitrogen and oxygen atoms in total. The fraction of sp³-hybridized carbons (Fsp3) is 0.600. The third-order valence-electron chi connectivity index (χ3n) is 2.69. The summed E-state index contributed by atoms with van der Waals surface area (Å²) in [5, 5.41) is 7.24. The SMILES string of the molecule is C#CCNC1(c2noc(C)n2)CCC1. The Hall–Kier alpha value is -1.34. The van der Waals surface area contributed by atoms with Crippen LogP contribution in [0.15, 0.2) is 4.52 Å². The molecule has 74 valence electrons. The maximum Gasteiger partial charge on any atom is 0.223 e. The molecule has 0 unspecified atom stereocenters. The van der Waals surface area contributed by atoms with E-state index in [1.807, 2.05) is 0 Å². The minimum atomic E-state index is -0.121. The van der Waals surface area contributed by atoms with Gasteiger partial charge in [0.1, 0.15) is 0 Å². The molecule has 0 saturated heterocycles. The van der Waals surface area contributed by atoms with Crippen LogP contribution in [0.1, 0.15) is 31.0 Å². The average Bonchev–Trinajstić information content (AvgIpc) is 2.51. The summed E-state index contributed by atoms with van der Waals surface area (Å²) in [5.41, 5.74) is -0.121. The number of rotatable bonds is 3. The molecule has 1 fully saturated rings. The highest BCUT2D eigenvalue weighted by molar-refractivity contribution is 5.11. The summed E-state index contributed by atoms with van der Waals surface area (Å²) in [6.45, 7) is 2.34. The van der Waals surface area contributed by atoms with Gasteiger partial charge in [0.15, 0.2) is 5.82 Å². The number of nitrogens with one attached hydrogen (secondary N) is 1. The summed E-state index contributed by atoms with van der Waals surface area (Å²) in [7, 11) is 0. The molecule has 0 amide bonds. The van der Waals surface area contributed by atoms with E-state index in [2.05, 4.69) is 21.4 Å². The number of aromatic nitrogens is 2. The van der Waals surface area contributed by atoms with Gasteiger partial charge in [-0.25, -0.2) is 0 Å². The molecule has 1 aliphatic carbocycles. The third kappa shape index (κ3) is 1.40. The predicted molar refractivity (Wildman–Crippen MR) is 51.4 cm³/mol. The first-order valence-electron chi connectivity index (χ1n) is 4.76. The van der Waals surface area contributed by atoms with Crippen LogP contribution in [0.3, 0.4) is 0 Å². The van der Waals surface area contributed by atoms with E-state index in [0.29, 0.717) is 12.4 Å². The lowest BCUT2D eigenvalue weighted by molar-refractivity contribution is 0.175. The molecular weight excluding hydrogens is 178 g/mol. The molecule has 1 N–H and O–H groups in total. The van der Waals surface area contributed by atoms with Crippen molar-refractivity contribution in [3.8, 4) is 12.3 Å². The first kappa shape index (κ1) is 9.22. The number of aryl methyl sites for hydroxylation is 1. The first-order chi connectivity index (χ1) is 6.77. The Kier molecular flexibility index (Phi) is 2.26. The van der Waals surface area contributed by atoms with Crippen molar-refractivity contribution >= 4 is 0 Å². The van der Waals surface area contributed by atoms with E-state index in [4.69, 9.17) is 10.9 Å². The largest absolute Gasteiger partial charge is 0.340 e. The summed E-state index contributed by atoms with van der Waals surface area (Å²) in [6.07, 6.45) is 8.48. The van der Waals surface area contributed by atoms with Gasteiger partial charge in [0.2, 0.25) is 5.89 Å². The molecule has 1 saturated carbocycles. The highest BCUT2D eigenvalue weighted by Crippen LogP contribution is 2.39. The first-order valence-corrected chi connectivity index (χ1v) is 4.76. The lowest BCUT2D eigenvalue weighted by Crippen LogP contribution is -2.49. The number of hydrogen-bond acceptors (Lipinski definition) is 4. The van der Waals surface area contributed by atoms with Crippen LogP contribution >= 0.6 is 0 Å². The monoisotopic (exact) mass is 191 g/mol. The zero-order chi connectivity index (χ0) is 10.0. The second kappa shape index (κ2) is 3.43. The van der Waals surface area contributed by atoms with Crippen molar-refractivity contribution in [1.29, 1.82) is 0 Å². The van der Waals surface area contributed by atoms with Gasteiger partial charge < -0.3 is 4.52 Å². The quantitative estimate of drug-likeness (QED) is 0.723. The Labute approximate surface area is 83.1 Å². The molecule has 1 aliphatic rings. The Morgan fingerprint density at radius 1 is 1.64 bits per heavy atom. The van der Waals surface area contributed by atoms with Crippen LogP contribution in [0.2, 0.25) is 0 Å². The van der Waals surface area contributed by atoms with E-state index >= 15 is 0 Å². The molecule has 0 aromatic carbocycles. The second-order valence-electron chi connectivity index (χ2n) is 3.63. The summed E-state index contributed by atoms with van der Waals surface area (Å²) in [5.74, 6) is 3.92. The molecule has 0 atom stereocenters. The predicted octanol–water partition coefficient (Wildman–Crippen LogP) is 0.980. The van der Waals surface area contributed by atoms with Gasteiger partial charge >= 0.3 is 0 Å². The molecule has 0 radical (unpaired) electrons. The van der Waals surface area contributed by atoms with Crippen molar-refractivity contribution in [2.45, 2.75) is 31.7 Å². The summed E-state index contributed by atoms with van der Waals surface area (Å²) in [6, 6.07) is 0. The minimum Gasteiger partial charge on any atom is -0.340 e. The zero-order valence-electron chi connectivity index (χ0n) is 8.21. The van der Waals surface area contributed by atoms with Crippen LogP contribution in [0.5, 0.6) is 0 Å². The summed E-state index contributed by atoms with van der Waals surface area (Å²) < 4.78 is 4.97. The molecule has 0 aliphatic heterocycles. The fourth-order valence-corrected chi connectivity index (χ4v) is 1.72. The van der Waals surface area contributed by atoms with E-state index in [9.17, 15) is 0 Å². The van der Waals surface area contributed by atoms with Crippen molar-refractivity contribution < 1.29 is 4.52 Å². The van der Waals surface area contributed by atoms with Crippen molar-refractivity contribution in [3.05, 3.63) is 11.7 Å². The fourth-order valence-electron chi connectivity index (χ4n) is 1.72. The second-order valence-corrected chi connectivity index (χ2v) is 3.63. The van der Waals surface area contributed by atoms with Gasteiger partial charge in [-0.15, -0.1) is 6.42 Å². The van der Waals surface area contributed by atoms with Crippen LogP contribution in [-0.4, -0.2) is 16.7 Å². The van der Waals surface area contributed by atoms with E-state index in [1.165, 1.54) is 6.42 Å². The van der Waals surface area contributed by atoms with Crippen LogP contribution in [0.25, 0.3) is 0 Å². The zero-order valence-corrected chi connectivity index (χ0v) is 8.21. The van der Waals surface area contributed by atoms with E-state index < -0.39 is 0 Å². The van der Waals surface area contributed by atoms with Crippen LogP contribution in [0, 0.1) is 19.3 Å². The van der Waals surface area contributed by atoms with E-state index in [-0.39, 0.29) is 5.54 Å². The van der Waals surface area contributed by atoms with Crippen molar-refractivity contribution in [3.63, 3.8) is 0 Å². The summed E-state index contributed by atoms with van der Waals surface area (Å²) in [4.78, 5) is 4.25. The normalized spacial score (nSPS) is 18.6. The maximum absolute atomic E-state index is 5.22. The Bertz CT molecular complexity index is 360. The van der Waals surface area contributed by atoms with Crippen molar-refractivity contribution in [2.75, 3.05) is 6.54 Å². The standard InChI is InChI=1S/C10H13N3O/c1-3-7-11-10(5-4-6-10)9-12-8(2)14-13-9/h1,11H,4-7H2,2H3. The summed E-state index contributed by atoms with van der Waals surface area (Å²) >= 11 is 0. The Morgan fingerprint density at radius 3 is 2.86 bits per heavy atom. The van der Waals surface area contributed by atoms with Crippen LogP contribution in [0.4, 0.5) is 0 Å².